The van der Waals surface area contributed by atoms with Crippen molar-refractivity contribution in [1.29, 1.82) is 0 Å². The molecule has 0 aliphatic heterocycles. The van der Waals surface area contributed by atoms with Gasteiger partial charge >= 0.3 is 0 Å². The summed E-state index contributed by atoms with van der Waals surface area (Å²) in [7, 11) is 0. The quantitative estimate of drug-likeness (QED) is 0.682. The molecule has 0 bridgehead atoms. The summed E-state index contributed by atoms with van der Waals surface area (Å²) in [6.07, 6.45) is 6.23. The van der Waals surface area contributed by atoms with Gasteiger partial charge in [-0.1, -0.05) is 24.7 Å². The molecule has 2 atom stereocenters. The molecular weight excluding hydrogens is 254 g/mol. The first-order valence-electron chi connectivity index (χ1n) is 6.83. The highest BCUT2D eigenvalue weighted by molar-refractivity contribution is 5.94. The van der Waals surface area contributed by atoms with Gasteiger partial charge in [-0.3, -0.25) is 9.78 Å². The van der Waals surface area contributed by atoms with Gasteiger partial charge in [0.1, 0.15) is 0 Å². The van der Waals surface area contributed by atoms with E-state index in [0.29, 0.717) is 11.1 Å². The molecule has 0 aromatic carbocycles. The Balaban J connectivity index is 2.05. The first kappa shape index (κ1) is 14.5. The van der Waals surface area contributed by atoms with Crippen molar-refractivity contribution in [3.63, 3.8) is 0 Å². The summed E-state index contributed by atoms with van der Waals surface area (Å²) in [5.74, 6) is 5.35. The highest BCUT2D eigenvalue weighted by atomic mass is 16.3. The molecule has 1 aliphatic rings. The van der Waals surface area contributed by atoms with E-state index in [-0.39, 0.29) is 18.5 Å². The summed E-state index contributed by atoms with van der Waals surface area (Å²) in [6, 6.07) is 1.51. The van der Waals surface area contributed by atoms with Crippen LogP contribution in [0, 0.1) is 11.8 Å². The SMILES string of the molecule is NCC#Cc1cncc(C(=O)NC2CCCCC2O)c1. The molecule has 1 heterocycles. The molecule has 1 saturated carbocycles. The summed E-state index contributed by atoms with van der Waals surface area (Å²) >= 11 is 0. The molecule has 1 amide bonds. The molecule has 20 heavy (non-hydrogen) atoms. The zero-order valence-corrected chi connectivity index (χ0v) is 11.3. The van der Waals surface area contributed by atoms with Gasteiger partial charge in [0.2, 0.25) is 0 Å². The van der Waals surface area contributed by atoms with E-state index in [1.807, 2.05) is 0 Å². The second-order valence-electron chi connectivity index (χ2n) is 4.90. The first-order chi connectivity index (χ1) is 9.70. The van der Waals surface area contributed by atoms with Crippen LogP contribution in [0.3, 0.4) is 0 Å². The van der Waals surface area contributed by atoms with E-state index < -0.39 is 6.10 Å². The highest BCUT2D eigenvalue weighted by Gasteiger charge is 2.24. The molecular formula is C15H19N3O2. The van der Waals surface area contributed by atoms with Crippen LogP contribution >= 0.6 is 0 Å². The fourth-order valence-electron chi connectivity index (χ4n) is 2.32. The maximum atomic E-state index is 12.1. The summed E-state index contributed by atoms with van der Waals surface area (Å²) < 4.78 is 0. The van der Waals surface area contributed by atoms with Gasteiger partial charge in [-0.05, 0) is 18.9 Å². The number of carbonyl (C=O) groups is 1. The summed E-state index contributed by atoms with van der Waals surface area (Å²) in [5, 5.41) is 12.7. The minimum Gasteiger partial charge on any atom is -0.391 e. The van der Waals surface area contributed by atoms with E-state index in [2.05, 4.69) is 22.1 Å². The van der Waals surface area contributed by atoms with E-state index in [9.17, 15) is 9.90 Å². The number of aromatic nitrogens is 1. The first-order valence-corrected chi connectivity index (χ1v) is 6.83. The predicted octanol–water partition coefficient (Wildman–Crippen LogP) is 0.425. The van der Waals surface area contributed by atoms with Crippen LogP contribution in [0.2, 0.25) is 0 Å². The zero-order valence-electron chi connectivity index (χ0n) is 11.3. The van der Waals surface area contributed by atoms with Gasteiger partial charge in [0.25, 0.3) is 5.91 Å². The van der Waals surface area contributed by atoms with Gasteiger partial charge in [0, 0.05) is 18.0 Å². The van der Waals surface area contributed by atoms with Crippen LogP contribution in [0.1, 0.15) is 41.6 Å². The number of pyridine rings is 1. The third kappa shape index (κ3) is 3.80. The Hall–Kier alpha value is -1.90. The van der Waals surface area contributed by atoms with E-state index in [1.165, 1.54) is 6.20 Å². The van der Waals surface area contributed by atoms with E-state index in [0.717, 1.165) is 25.7 Å². The molecule has 0 saturated heterocycles. The molecule has 0 spiro atoms. The lowest BCUT2D eigenvalue weighted by Crippen LogP contribution is -2.45. The number of aliphatic hydroxyl groups excluding tert-OH is 1. The number of nitrogens with two attached hydrogens (primary N) is 1. The molecule has 106 valence electrons. The summed E-state index contributed by atoms with van der Waals surface area (Å²) in [5.41, 5.74) is 6.42. The molecule has 0 radical (unpaired) electrons. The average molecular weight is 273 g/mol. The smallest absolute Gasteiger partial charge is 0.253 e. The van der Waals surface area contributed by atoms with Crippen molar-refractivity contribution in [3.05, 3.63) is 29.6 Å². The van der Waals surface area contributed by atoms with Gasteiger partial charge in [0.05, 0.1) is 24.3 Å². The average Bonchev–Trinajstić information content (AvgIpc) is 2.48. The van der Waals surface area contributed by atoms with Crippen molar-refractivity contribution >= 4 is 5.91 Å². The van der Waals surface area contributed by atoms with Crippen LogP contribution in [0.4, 0.5) is 0 Å². The monoisotopic (exact) mass is 273 g/mol. The van der Waals surface area contributed by atoms with E-state index in [1.54, 1.807) is 12.3 Å². The third-order valence-electron chi connectivity index (χ3n) is 3.38. The topological polar surface area (TPSA) is 88.2 Å². The lowest BCUT2D eigenvalue weighted by atomic mass is 9.92. The summed E-state index contributed by atoms with van der Waals surface area (Å²) in [6.45, 7) is 0.269. The van der Waals surface area contributed by atoms with Crippen molar-refractivity contribution in [2.75, 3.05) is 6.54 Å². The molecule has 5 heteroatoms. The van der Waals surface area contributed by atoms with Gasteiger partial charge in [-0.15, -0.1) is 0 Å². The van der Waals surface area contributed by atoms with Crippen molar-refractivity contribution < 1.29 is 9.90 Å². The maximum absolute atomic E-state index is 12.1. The number of aliphatic hydroxyl groups is 1. The Kier molecular flexibility index (Phi) is 5.10. The lowest BCUT2D eigenvalue weighted by molar-refractivity contribution is 0.0717. The number of amides is 1. The second kappa shape index (κ2) is 7.04. The van der Waals surface area contributed by atoms with Crippen LogP contribution in [-0.4, -0.2) is 34.7 Å². The molecule has 2 rings (SSSR count). The number of rotatable bonds is 2. The minimum absolute atomic E-state index is 0.171. The Morgan fingerprint density at radius 3 is 3.00 bits per heavy atom. The standard InChI is InChI=1S/C15H19N3O2/c16-7-3-4-11-8-12(10-17-9-11)15(20)18-13-5-1-2-6-14(13)19/h8-10,13-14,19H,1-2,5-7,16H2,(H,18,20). The summed E-state index contributed by atoms with van der Waals surface area (Å²) in [4.78, 5) is 16.2. The van der Waals surface area contributed by atoms with E-state index in [4.69, 9.17) is 5.73 Å². The number of carbonyl (C=O) groups excluding carboxylic acids is 1. The fraction of sp³-hybridized carbons (Fsp3) is 0.467. The van der Waals surface area contributed by atoms with Gasteiger partial charge in [-0.25, -0.2) is 0 Å². The lowest BCUT2D eigenvalue weighted by Gasteiger charge is -2.28. The third-order valence-corrected chi connectivity index (χ3v) is 3.38. The van der Waals surface area contributed by atoms with Crippen LogP contribution < -0.4 is 11.1 Å². The second-order valence-corrected chi connectivity index (χ2v) is 4.90. The molecule has 1 aliphatic carbocycles. The molecule has 5 nitrogen and oxygen atoms in total. The molecule has 1 aromatic rings. The van der Waals surface area contributed by atoms with Crippen molar-refractivity contribution in [3.8, 4) is 11.8 Å². The minimum atomic E-state index is -0.458. The van der Waals surface area contributed by atoms with Crippen LogP contribution in [0.25, 0.3) is 0 Å². The molecule has 1 fully saturated rings. The number of nitrogens with zero attached hydrogens (tertiary/aromatic N) is 1. The van der Waals surface area contributed by atoms with Gasteiger partial charge in [0.15, 0.2) is 0 Å². The van der Waals surface area contributed by atoms with Gasteiger partial charge < -0.3 is 16.2 Å². The normalized spacial score (nSPS) is 21.7. The van der Waals surface area contributed by atoms with Crippen molar-refractivity contribution in [1.82, 2.24) is 10.3 Å². The molecule has 1 aromatic heterocycles. The molecule has 2 unspecified atom stereocenters. The van der Waals surface area contributed by atoms with Crippen LogP contribution in [0.5, 0.6) is 0 Å². The fourth-order valence-corrected chi connectivity index (χ4v) is 2.32. The van der Waals surface area contributed by atoms with Crippen molar-refractivity contribution in [2.24, 2.45) is 5.73 Å². The zero-order chi connectivity index (χ0) is 14.4. The largest absolute Gasteiger partial charge is 0.391 e. The van der Waals surface area contributed by atoms with Crippen LogP contribution in [-0.2, 0) is 0 Å². The highest BCUT2D eigenvalue weighted by Crippen LogP contribution is 2.18. The van der Waals surface area contributed by atoms with E-state index >= 15 is 0 Å². The number of hydrogen-bond acceptors (Lipinski definition) is 4. The van der Waals surface area contributed by atoms with Crippen molar-refractivity contribution in [2.45, 2.75) is 37.8 Å². The number of hydrogen-bond donors (Lipinski definition) is 3. The van der Waals surface area contributed by atoms with Gasteiger partial charge in [-0.2, -0.15) is 0 Å². The Bertz CT molecular complexity index is 533. The Morgan fingerprint density at radius 2 is 2.25 bits per heavy atom. The Labute approximate surface area is 118 Å². The van der Waals surface area contributed by atoms with Crippen LogP contribution in [0.15, 0.2) is 18.5 Å². The maximum Gasteiger partial charge on any atom is 0.253 e. The number of nitrogens with one attached hydrogen (secondary N) is 1. The molecule has 4 N–H and O–H groups in total. The Morgan fingerprint density at radius 1 is 1.45 bits per heavy atom. The predicted molar refractivity (Wildman–Crippen MR) is 75.9 cm³/mol.